The van der Waals surface area contributed by atoms with Gasteiger partial charge in [-0.1, -0.05) is 30.4 Å². The number of benzene rings is 1. The molecule has 0 aliphatic heterocycles. The van der Waals surface area contributed by atoms with Crippen molar-refractivity contribution in [3.05, 3.63) is 59.3 Å². The number of aromatic nitrogens is 1. The van der Waals surface area contributed by atoms with Gasteiger partial charge in [0.2, 0.25) is 0 Å². The first kappa shape index (κ1) is 16.5. The molecule has 2 aromatic rings. The van der Waals surface area contributed by atoms with E-state index in [-0.39, 0.29) is 17.9 Å². The summed E-state index contributed by atoms with van der Waals surface area (Å²) in [5, 5.41) is 0.602. The van der Waals surface area contributed by atoms with Crippen LogP contribution >= 0.6 is 0 Å². The van der Waals surface area contributed by atoms with E-state index in [9.17, 15) is 13.2 Å². The number of fused-ring (bicyclic) bond motifs is 1. The number of nitrogens with two attached hydrogens (primary N) is 1. The summed E-state index contributed by atoms with van der Waals surface area (Å²) in [6.07, 6.45) is 6.10. The van der Waals surface area contributed by atoms with Crippen LogP contribution in [-0.4, -0.2) is 11.2 Å². The third-order valence-electron chi connectivity index (χ3n) is 5.54. The standard InChI is InChI=1S/C20H21F3N2/c1-12-11-16(13-7-8-13)17(15-9-10-25-18(12)15)19(24,20(21,22)23)14-5-3-2-4-6-14/h2-5,9-11,13-14,25H,6-8,24H2,1H3. The second-order valence-corrected chi connectivity index (χ2v) is 7.22. The molecule has 25 heavy (non-hydrogen) atoms. The third kappa shape index (κ3) is 2.44. The average Bonchev–Trinajstić information content (AvgIpc) is 3.31. The lowest BCUT2D eigenvalue weighted by Crippen LogP contribution is -2.56. The summed E-state index contributed by atoms with van der Waals surface area (Å²) in [6, 6.07) is 3.64. The topological polar surface area (TPSA) is 41.8 Å². The number of hydrogen-bond donors (Lipinski definition) is 2. The van der Waals surface area contributed by atoms with Crippen molar-refractivity contribution < 1.29 is 13.2 Å². The Hall–Kier alpha value is -2.01. The lowest BCUT2D eigenvalue weighted by Gasteiger charge is -2.40. The van der Waals surface area contributed by atoms with Gasteiger partial charge in [0.15, 0.2) is 0 Å². The van der Waals surface area contributed by atoms with E-state index in [2.05, 4.69) is 4.98 Å². The highest BCUT2D eigenvalue weighted by Gasteiger charge is 2.59. The third-order valence-corrected chi connectivity index (χ3v) is 5.54. The summed E-state index contributed by atoms with van der Waals surface area (Å²) in [5.74, 6) is -0.628. The zero-order valence-electron chi connectivity index (χ0n) is 14.0. The molecule has 0 saturated heterocycles. The largest absolute Gasteiger partial charge is 0.411 e. The fourth-order valence-corrected chi connectivity index (χ4v) is 4.07. The van der Waals surface area contributed by atoms with E-state index in [0.717, 1.165) is 29.5 Å². The molecular formula is C20H21F3N2. The number of alkyl halides is 3. The number of halogens is 3. The van der Waals surface area contributed by atoms with Crippen molar-refractivity contribution in [3.8, 4) is 0 Å². The Bertz CT molecular complexity index is 871. The van der Waals surface area contributed by atoms with Crippen molar-refractivity contribution in [2.45, 2.75) is 43.8 Å². The van der Waals surface area contributed by atoms with Gasteiger partial charge in [-0.05, 0) is 54.9 Å². The lowest BCUT2D eigenvalue weighted by atomic mass is 9.71. The molecule has 0 radical (unpaired) electrons. The Balaban J connectivity index is 2.03. The molecule has 0 bridgehead atoms. The monoisotopic (exact) mass is 346 g/mol. The first-order valence-electron chi connectivity index (χ1n) is 8.64. The molecule has 0 spiro atoms. The number of aromatic amines is 1. The van der Waals surface area contributed by atoms with Gasteiger partial charge in [-0.15, -0.1) is 0 Å². The Kier molecular flexibility index (Phi) is 3.62. The number of rotatable bonds is 3. The maximum Gasteiger partial charge on any atom is 0.411 e. The number of aryl methyl sites for hydroxylation is 1. The second kappa shape index (κ2) is 5.49. The SMILES string of the molecule is Cc1cc(C2CC2)c(C(N)(C2C=CC=CC2)C(F)(F)F)c2cc[nH]c12. The Labute approximate surface area is 144 Å². The van der Waals surface area contributed by atoms with Gasteiger partial charge in [0.25, 0.3) is 0 Å². The van der Waals surface area contributed by atoms with Crippen LogP contribution in [0.25, 0.3) is 10.9 Å². The smallest absolute Gasteiger partial charge is 0.361 e. The van der Waals surface area contributed by atoms with Crippen molar-refractivity contribution in [1.29, 1.82) is 0 Å². The summed E-state index contributed by atoms with van der Waals surface area (Å²) in [5.41, 5.74) is 6.63. The first-order chi connectivity index (χ1) is 11.8. The van der Waals surface area contributed by atoms with Crippen LogP contribution in [-0.2, 0) is 5.54 Å². The molecule has 5 heteroatoms. The van der Waals surface area contributed by atoms with E-state index < -0.39 is 17.6 Å². The Morgan fingerprint density at radius 2 is 1.96 bits per heavy atom. The van der Waals surface area contributed by atoms with Crippen LogP contribution in [0.4, 0.5) is 13.2 Å². The maximum atomic E-state index is 14.4. The van der Waals surface area contributed by atoms with Gasteiger partial charge in [-0.2, -0.15) is 13.2 Å². The van der Waals surface area contributed by atoms with Crippen LogP contribution < -0.4 is 5.73 Å². The minimum absolute atomic E-state index is 0.182. The highest BCUT2D eigenvalue weighted by atomic mass is 19.4. The highest BCUT2D eigenvalue weighted by molar-refractivity contribution is 5.88. The van der Waals surface area contributed by atoms with Crippen molar-refractivity contribution in [2.24, 2.45) is 11.7 Å². The summed E-state index contributed by atoms with van der Waals surface area (Å²) in [7, 11) is 0. The molecule has 2 nitrogen and oxygen atoms in total. The second-order valence-electron chi connectivity index (χ2n) is 7.22. The minimum atomic E-state index is -4.55. The average molecular weight is 346 g/mol. The summed E-state index contributed by atoms with van der Waals surface area (Å²) in [6.45, 7) is 1.93. The van der Waals surface area contributed by atoms with Crippen molar-refractivity contribution in [2.75, 3.05) is 0 Å². The predicted octanol–water partition coefficient (Wildman–Crippen LogP) is 5.20. The van der Waals surface area contributed by atoms with Crippen LogP contribution in [0.2, 0.25) is 0 Å². The molecule has 2 aliphatic rings. The van der Waals surface area contributed by atoms with Gasteiger partial charge >= 0.3 is 6.18 Å². The van der Waals surface area contributed by atoms with E-state index in [4.69, 9.17) is 5.73 Å². The van der Waals surface area contributed by atoms with Gasteiger partial charge in [-0.3, -0.25) is 0 Å². The molecule has 1 aromatic heterocycles. The van der Waals surface area contributed by atoms with Crippen LogP contribution in [0.1, 0.15) is 41.9 Å². The number of hydrogen-bond acceptors (Lipinski definition) is 1. The molecule has 2 aliphatic carbocycles. The summed E-state index contributed by atoms with van der Waals surface area (Å²) in [4.78, 5) is 3.09. The number of nitrogens with one attached hydrogen (secondary N) is 1. The molecule has 132 valence electrons. The zero-order valence-corrected chi connectivity index (χ0v) is 14.0. The normalized spacial score (nSPS) is 23.2. The van der Waals surface area contributed by atoms with Crippen LogP contribution in [0.3, 0.4) is 0 Å². The van der Waals surface area contributed by atoms with Crippen molar-refractivity contribution >= 4 is 10.9 Å². The van der Waals surface area contributed by atoms with E-state index in [1.54, 1.807) is 36.6 Å². The zero-order chi connectivity index (χ0) is 17.8. The molecular weight excluding hydrogens is 325 g/mol. The van der Waals surface area contributed by atoms with E-state index in [0.29, 0.717) is 5.39 Å². The molecule has 1 heterocycles. The van der Waals surface area contributed by atoms with E-state index in [1.165, 1.54) is 0 Å². The minimum Gasteiger partial charge on any atom is -0.361 e. The van der Waals surface area contributed by atoms with Crippen molar-refractivity contribution in [3.63, 3.8) is 0 Å². The van der Waals surface area contributed by atoms with Crippen LogP contribution in [0.15, 0.2) is 42.6 Å². The Morgan fingerprint density at radius 1 is 1.20 bits per heavy atom. The summed E-state index contributed by atoms with van der Waals surface area (Å²) < 4.78 is 43.1. The fraction of sp³-hybridized carbons (Fsp3) is 0.400. The summed E-state index contributed by atoms with van der Waals surface area (Å²) >= 11 is 0. The van der Waals surface area contributed by atoms with E-state index >= 15 is 0 Å². The van der Waals surface area contributed by atoms with Crippen molar-refractivity contribution in [1.82, 2.24) is 4.98 Å². The highest BCUT2D eigenvalue weighted by Crippen LogP contribution is 2.53. The quantitative estimate of drug-likeness (QED) is 0.788. The maximum absolute atomic E-state index is 14.4. The molecule has 2 unspecified atom stereocenters. The molecule has 4 rings (SSSR count). The molecule has 1 saturated carbocycles. The molecule has 0 amide bonds. The number of H-pyrrole nitrogens is 1. The lowest BCUT2D eigenvalue weighted by molar-refractivity contribution is -0.200. The van der Waals surface area contributed by atoms with Crippen LogP contribution in [0, 0.1) is 12.8 Å². The molecule has 1 aromatic carbocycles. The number of allylic oxidation sites excluding steroid dienone is 3. The fourth-order valence-electron chi connectivity index (χ4n) is 4.07. The molecule has 3 N–H and O–H groups in total. The molecule has 1 fully saturated rings. The van der Waals surface area contributed by atoms with Gasteiger partial charge in [-0.25, -0.2) is 0 Å². The van der Waals surface area contributed by atoms with Gasteiger partial charge in [0.1, 0.15) is 5.54 Å². The molecule has 2 atom stereocenters. The Morgan fingerprint density at radius 3 is 2.56 bits per heavy atom. The van der Waals surface area contributed by atoms with Gasteiger partial charge in [0, 0.05) is 23.0 Å². The predicted molar refractivity (Wildman–Crippen MR) is 93.3 cm³/mol. The van der Waals surface area contributed by atoms with E-state index in [1.807, 2.05) is 13.0 Å². The van der Waals surface area contributed by atoms with Gasteiger partial charge in [0.05, 0.1) is 0 Å². The first-order valence-corrected chi connectivity index (χ1v) is 8.64. The van der Waals surface area contributed by atoms with Crippen LogP contribution in [0.5, 0.6) is 0 Å². The van der Waals surface area contributed by atoms with Gasteiger partial charge < -0.3 is 10.7 Å².